The number of carbonyl (C=O) groups excluding carboxylic acids is 3. The predicted molar refractivity (Wildman–Crippen MR) is 95.1 cm³/mol. The van der Waals surface area contributed by atoms with E-state index < -0.39 is 29.6 Å². The van der Waals surface area contributed by atoms with Crippen LogP contribution < -0.4 is 5.32 Å². The van der Waals surface area contributed by atoms with Crippen LogP contribution in [0, 0.1) is 0 Å². The lowest BCUT2D eigenvalue weighted by Crippen LogP contribution is -2.60. The molecule has 2 rings (SSSR count). The van der Waals surface area contributed by atoms with Gasteiger partial charge in [0, 0.05) is 6.04 Å². The molecule has 0 saturated carbocycles. The van der Waals surface area contributed by atoms with E-state index in [9.17, 15) is 14.4 Å². The summed E-state index contributed by atoms with van der Waals surface area (Å²) in [4.78, 5) is 38.9. The largest absolute Gasteiger partial charge is 0.467 e. The van der Waals surface area contributed by atoms with Crippen molar-refractivity contribution in [1.29, 1.82) is 0 Å². The Labute approximate surface area is 153 Å². The highest BCUT2D eigenvalue weighted by atomic mass is 16.5. The molecule has 1 aromatic rings. The molecule has 1 saturated heterocycles. The molecule has 1 heterocycles. The number of morpholine rings is 1. The molecule has 1 aliphatic rings. The number of benzene rings is 1. The molecule has 1 aromatic carbocycles. The molecule has 2 atom stereocenters. The summed E-state index contributed by atoms with van der Waals surface area (Å²) in [5.74, 6) is -1.20. The summed E-state index contributed by atoms with van der Waals surface area (Å²) in [5, 5.41) is 2.67. The van der Waals surface area contributed by atoms with Gasteiger partial charge in [0.05, 0.1) is 13.2 Å². The molecule has 0 aromatic heterocycles. The summed E-state index contributed by atoms with van der Waals surface area (Å²) in [6.07, 6.45) is -0.929. The molecule has 0 radical (unpaired) electrons. The SMILES string of the molecule is COC(=O)C(C)(C)NC(=O)[C@H]1OCC(=O)N(C(C)C)[C@@H]1c1ccccc1. The van der Waals surface area contributed by atoms with Crippen LogP contribution in [0.3, 0.4) is 0 Å². The fraction of sp³-hybridized carbons (Fsp3) is 0.526. The lowest BCUT2D eigenvalue weighted by molar-refractivity contribution is -0.169. The van der Waals surface area contributed by atoms with Gasteiger partial charge in [0.1, 0.15) is 12.1 Å². The first kappa shape index (κ1) is 19.9. The Balaban J connectivity index is 2.36. The minimum absolute atomic E-state index is 0.111. The van der Waals surface area contributed by atoms with Gasteiger partial charge in [-0.1, -0.05) is 30.3 Å². The predicted octanol–water partition coefficient (Wildman–Crippen LogP) is 1.43. The summed E-state index contributed by atoms with van der Waals surface area (Å²) in [7, 11) is 1.26. The maximum Gasteiger partial charge on any atom is 0.330 e. The van der Waals surface area contributed by atoms with Gasteiger partial charge in [-0.05, 0) is 33.3 Å². The normalized spacial score (nSPS) is 20.8. The summed E-state index contributed by atoms with van der Waals surface area (Å²) in [6.45, 7) is 6.72. The van der Waals surface area contributed by atoms with Gasteiger partial charge in [-0.25, -0.2) is 4.79 Å². The van der Waals surface area contributed by atoms with E-state index in [4.69, 9.17) is 9.47 Å². The van der Waals surface area contributed by atoms with E-state index in [1.165, 1.54) is 7.11 Å². The van der Waals surface area contributed by atoms with Gasteiger partial charge in [0.15, 0.2) is 6.10 Å². The Morgan fingerprint density at radius 2 is 1.88 bits per heavy atom. The average Bonchev–Trinajstić information content (AvgIpc) is 2.60. The van der Waals surface area contributed by atoms with Crippen LogP contribution in [0.2, 0.25) is 0 Å². The van der Waals surface area contributed by atoms with Crippen LogP contribution in [0.5, 0.6) is 0 Å². The van der Waals surface area contributed by atoms with Gasteiger partial charge in [0.2, 0.25) is 5.91 Å². The van der Waals surface area contributed by atoms with Gasteiger partial charge < -0.3 is 19.7 Å². The number of nitrogens with zero attached hydrogens (tertiary/aromatic N) is 1. The van der Waals surface area contributed by atoms with E-state index in [2.05, 4.69) is 5.32 Å². The summed E-state index contributed by atoms with van der Waals surface area (Å²) >= 11 is 0. The molecule has 0 unspecified atom stereocenters. The maximum atomic E-state index is 12.9. The van der Waals surface area contributed by atoms with Crippen LogP contribution in [-0.4, -0.2) is 54.1 Å². The molecule has 1 fully saturated rings. The number of esters is 1. The van der Waals surface area contributed by atoms with E-state index in [0.717, 1.165) is 5.56 Å². The number of amides is 2. The Kier molecular flexibility index (Phi) is 6.02. The number of hydrogen-bond donors (Lipinski definition) is 1. The Morgan fingerprint density at radius 1 is 1.27 bits per heavy atom. The van der Waals surface area contributed by atoms with E-state index in [-0.39, 0.29) is 18.6 Å². The highest BCUT2D eigenvalue weighted by molar-refractivity contribution is 5.91. The fourth-order valence-corrected chi connectivity index (χ4v) is 3.13. The molecule has 26 heavy (non-hydrogen) atoms. The van der Waals surface area contributed by atoms with Gasteiger partial charge in [0.25, 0.3) is 5.91 Å². The van der Waals surface area contributed by atoms with E-state index >= 15 is 0 Å². The second-order valence-electron chi connectivity index (χ2n) is 7.09. The molecule has 0 bridgehead atoms. The van der Waals surface area contributed by atoms with Crippen molar-refractivity contribution in [3.63, 3.8) is 0 Å². The molecule has 7 nitrogen and oxygen atoms in total. The Hall–Kier alpha value is -2.41. The first-order valence-electron chi connectivity index (χ1n) is 8.57. The topological polar surface area (TPSA) is 84.9 Å². The lowest BCUT2D eigenvalue weighted by Gasteiger charge is -2.43. The van der Waals surface area contributed by atoms with Crippen LogP contribution in [0.1, 0.15) is 39.3 Å². The smallest absolute Gasteiger partial charge is 0.330 e. The molecule has 0 aliphatic carbocycles. The molecule has 142 valence electrons. The summed E-state index contributed by atoms with van der Waals surface area (Å²) in [6, 6.07) is 8.58. The van der Waals surface area contributed by atoms with Crippen LogP contribution in [0.4, 0.5) is 0 Å². The molecular formula is C19H26N2O5. The summed E-state index contributed by atoms with van der Waals surface area (Å²) < 4.78 is 10.3. The molecule has 7 heteroatoms. The highest BCUT2D eigenvalue weighted by Crippen LogP contribution is 2.32. The zero-order chi connectivity index (χ0) is 19.5. The number of methoxy groups -OCH3 is 1. The minimum Gasteiger partial charge on any atom is -0.467 e. The average molecular weight is 362 g/mol. The second kappa shape index (κ2) is 7.86. The third-order valence-electron chi connectivity index (χ3n) is 4.35. The monoisotopic (exact) mass is 362 g/mol. The van der Waals surface area contributed by atoms with Gasteiger partial charge in [-0.3, -0.25) is 9.59 Å². The standard InChI is InChI=1S/C19H26N2O5/c1-12(2)21-14(22)11-26-16(15(21)13-9-7-6-8-10-13)17(23)20-19(3,4)18(24)25-5/h6-10,12,15-16H,11H2,1-5H3,(H,20,23)/t15-,16+/m1/s1. The molecular weight excluding hydrogens is 336 g/mol. The number of hydrogen-bond acceptors (Lipinski definition) is 5. The van der Waals surface area contributed by atoms with Crippen molar-refractivity contribution < 1.29 is 23.9 Å². The molecule has 2 amide bonds. The van der Waals surface area contributed by atoms with Gasteiger partial charge in [-0.15, -0.1) is 0 Å². The fourth-order valence-electron chi connectivity index (χ4n) is 3.13. The molecule has 1 aliphatic heterocycles. The van der Waals surface area contributed by atoms with Crippen LogP contribution in [0.15, 0.2) is 30.3 Å². The number of rotatable bonds is 5. The third-order valence-corrected chi connectivity index (χ3v) is 4.35. The number of ether oxygens (including phenoxy) is 2. The van der Waals surface area contributed by atoms with Crippen LogP contribution in [0.25, 0.3) is 0 Å². The first-order valence-corrected chi connectivity index (χ1v) is 8.57. The Bertz CT molecular complexity index is 672. The van der Waals surface area contributed by atoms with E-state index in [1.807, 2.05) is 44.2 Å². The van der Waals surface area contributed by atoms with E-state index in [0.29, 0.717) is 0 Å². The van der Waals surface area contributed by atoms with Crippen molar-refractivity contribution in [1.82, 2.24) is 10.2 Å². The molecule has 1 N–H and O–H groups in total. The van der Waals surface area contributed by atoms with E-state index in [1.54, 1.807) is 18.7 Å². The van der Waals surface area contributed by atoms with Gasteiger partial charge >= 0.3 is 5.97 Å². The van der Waals surface area contributed by atoms with Crippen molar-refractivity contribution in [3.05, 3.63) is 35.9 Å². The van der Waals surface area contributed by atoms with Gasteiger partial charge in [-0.2, -0.15) is 0 Å². The maximum absolute atomic E-state index is 12.9. The molecule has 0 spiro atoms. The van der Waals surface area contributed by atoms with Crippen molar-refractivity contribution in [2.45, 2.75) is 51.4 Å². The van der Waals surface area contributed by atoms with Crippen LogP contribution >= 0.6 is 0 Å². The number of nitrogens with one attached hydrogen (secondary N) is 1. The second-order valence-corrected chi connectivity index (χ2v) is 7.09. The first-order chi connectivity index (χ1) is 12.2. The van der Waals surface area contributed by atoms with Crippen molar-refractivity contribution in [3.8, 4) is 0 Å². The highest BCUT2D eigenvalue weighted by Gasteiger charge is 2.44. The lowest BCUT2D eigenvalue weighted by atomic mass is 9.94. The van der Waals surface area contributed by atoms with Crippen molar-refractivity contribution in [2.75, 3.05) is 13.7 Å². The van der Waals surface area contributed by atoms with Crippen molar-refractivity contribution in [2.24, 2.45) is 0 Å². The quantitative estimate of drug-likeness (QED) is 0.801. The minimum atomic E-state index is -1.21. The summed E-state index contributed by atoms with van der Waals surface area (Å²) in [5.41, 5.74) is -0.411. The number of carbonyl (C=O) groups is 3. The zero-order valence-corrected chi connectivity index (χ0v) is 15.8. The van der Waals surface area contributed by atoms with Crippen molar-refractivity contribution >= 4 is 17.8 Å². The van der Waals surface area contributed by atoms with Crippen LogP contribution in [-0.2, 0) is 23.9 Å². The third kappa shape index (κ3) is 4.04. The Morgan fingerprint density at radius 3 is 2.42 bits per heavy atom. The zero-order valence-electron chi connectivity index (χ0n) is 15.8.